The van der Waals surface area contributed by atoms with Crippen molar-refractivity contribution < 1.29 is 14.7 Å². The van der Waals surface area contributed by atoms with Gasteiger partial charge in [-0.2, -0.15) is 5.10 Å². The number of allylic oxidation sites excluding steroid dienone is 4. The minimum Gasteiger partial charge on any atom is -0.478 e. The number of nitrogens with zero attached hydrogens (tertiary/aromatic N) is 1. The second-order valence-electron chi connectivity index (χ2n) is 3.59. The number of carbonyl (C=O) groups is 2. The summed E-state index contributed by atoms with van der Waals surface area (Å²) < 4.78 is 0. The van der Waals surface area contributed by atoms with E-state index in [1.807, 2.05) is 0 Å². The molecule has 0 heterocycles. The van der Waals surface area contributed by atoms with Gasteiger partial charge in [-0.15, -0.1) is 0 Å². The fraction of sp³-hybridized carbons (Fsp3) is 0. The summed E-state index contributed by atoms with van der Waals surface area (Å²) in [4.78, 5) is 21.3. The second kappa shape index (κ2) is 5.09. The SMILES string of the molecule is O=CC1=CC=CC1=NNc1ccc(C(=O)O)cc1. The molecule has 0 amide bonds. The molecule has 1 aliphatic rings. The summed E-state index contributed by atoms with van der Waals surface area (Å²) >= 11 is 0. The Balaban J connectivity index is 2.09. The zero-order valence-electron chi connectivity index (χ0n) is 9.33. The van der Waals surface area contributed by atoms with Gasteiger partial charge in [0.05, 0.1) is 17.0 Å². The lowest BCUT2D eigenvalue weighted by molar-refractivity contribution is -0.104. The number of benzene rings is 1. The van der Waals surface area contributed by atoms with Crippen molar-refractivity contribution in [3.05, 3.63) is 53.6 Å². The average molecular weight is 242 g/mol. The number of hydrogen-bond acceptors (Lipinski definition) is 4. The Hall–Kier alpha value is -2.69. The summed E-state index contributed by atoms with van der Waals surface area (Å²) in [6.45, 7) is 0. The van der Waals surface area contributed by atoms with E-state index in [1.165, 1.54) is 12.1 Å². The van der Waals surface area contributed by atoms with E-state index in [-0.39, 0.29) is 5.56 Å². The standard InChI is InChI=1S/C13H10N2O3/c16-8-10-2-1-3-12(10)15-14-11-6-4-9(5-7-11)13(17)18/h1-8,14H,(H,17,18). The summed E-state index contributed by atoms with van der Waals surface area (Å²) in [5.74, 6) is -0.974. The van der Waals surface area contributed by atoms with Crippen LogP contribution in [0.3, 0.4) is 0 Å². The Morgan fingerprint density at radius 1 is 1.28 bits per heavy atom. The van der Waals surface area contributed by atoms with Crippen LogP contribution in [0.2, 0.25) is 0 Å². The van der Waals surface area contributed by atoms with Gasteiger partial charge < -0.3 is 5.11 Å². The molecule has 0 spiro atoms. The maximum absolute atomic E-state index is 10.7. The van der Waals surface area contributed by atoms with Crippen molar-refractivity contribution in [2.45, 2.75) is 0 Å². The number of hydrazone groups is 1. The lowest BCUT2D eigenvalue weighted by Gasteiger charge is -2.02. The number of carboxylic acids is 1. The second-order valence-corrected chi connectivity index (χ2v) is 3.59. The van der Waals surface area contributed by atoms with Gasteiger partial charge in [-0.3, -0.25) is 10.2 Å². The quantitative estimate of drug-likeness (QED) is 0.623. The molecule has 0 saturated carbocycles. The first-order valence-electron chi connectivity index (χ1n) is 5.21. The van der Waals surface area contributed by atoms with Gasteiger partial charge in [-0.25, -0.2) is 4.79 Å². The smallest absolute Gasteiger partial charge is 0.335 e. The first kappa shape index (κ1) is 11.8. The normalized spacial score (nSPS) is 15.6. The first-order valence-corrected chi connectivity index (χ1v) is 5.21. The van der Waals surface area contributed by atoms with Crippen molar-refractivity contribution in [3.63, 3.8) is 0 Å². The Kier molecular flexibility index (Phi) is 3.33. The molecule has 2 rings (SSSR count). The number of nitrogens with one attached hydrogen (secondary N) is 1. The average Bonchev–Trinajstić information content (AvgIpc) is 2.84. The third kappa shape index (κ3) is 2.52. The van der Waals surface area contributed by atoms with Gasteiger partial charge in [0, 0.05) is 5.57 Å². The van der Waals surface area contributed by atoms with Crippen LogP contribution in [0.1, 0.15) is 10.4 Å². The summed E-state index contributed by atoms with van der Waals surface area (Å²) in [5, 5.41) is 12.8. The van der Waals surface area contributed by atoms with E-state index in [0.717, 1.165) is 6.29 Å². The highest BCUT2D eigenvalue weighted by atomic mass is 16.4. The molecule has 18 heavy (non-hydrogen) atoms. The summed E-state index contributed by atoms with van der Waals surface area (Å²) in [6, 6.07) is 6.17. The van der Waals surface area contributed by atoms with E-state index < -0.39 is 5.97 Å². The van der Waals surface area contributed by atoms with Crippen molar-refractivity contribution >= 4 is 23.7 Å². The van der Waals surface area contributed by atoms with Gasteiger partial charge in [-0.1, -0.05) is 6.08 Å². The molecule has 1 aliphatic carbocycles. The predicted octanol–water partition coefficient (Wildman–Crippen LogP) is 1.85. The van der Waals surface area contributed by atoms with Gasteiger partial charge >= 0.3 is 5.97 Å². The molecule has 5 nitrogen and oxygen atoms in total. The van der Waals surface area contributed by atoms with Gasteiger partial charge in [-0.05, 0) is 36.4 Å². The zero-order chi connectivity index (χ0) is 13.0. The molecule has 90 valence electrons. The largest absolute Gasteiger partial charge is 0.478 e. The van der Waals surface area contributed by atoms with Gasteiger partial charge in [0.2, 0.25) is 0 Å². The maximum Gasteiger partial charge on any atom is 0.335 e. The Morgan fingerprint density at radius 2 is 2.00 bits per heavy atom. The van der Waals surface area contributed by atoms with Crippen molar-refractivity contribution in [1.29, 1.82) is 0 Å². The highest BCUT2D eigenvalue weighted by Gasteiger charge is 2.06. The molecule has 0 atom stereocenters. The third-order valence-corrected chi connectivity index (χ3v) is 2.39. The number of aromatic carboxylic acids is 1. The molecule has 1 aromatic rings. The number of anilines is 1. The van der Waals surface area contributed by atoms with Crippen LogP contribution in [-0.4, -0.2) is 23.1 Å². The third-order valence-electron chi connectivity index (χ3n) is 2.39. The van der Waals surface area contributed by atoms with E-state index in [9.17, 15) is 9.59 Å². The molecular weight excluding hydrogens is 232 g/mol. The Morgan fingerprint density at radius 3 is 2.61 bits per heavy atom. The van der Waals surface area contributed by atoms with Crippen LogP contribution in [0.25, 0.3) is 0 Å². The highest BCUT2D eigenvalue weighted by Crippen LogP contribution is 2.11. The molecule has 1 aromatic carbocycles. The van der Waals surface area contributed by atoms with Gasteiger partial charge in [0.25, 0.3) is 0 Å². The van der Waals surface area contributed by atoms with E-state index in [2.05, 4.69) is 10.5 Å². The number of rotatable bonds is 4. The number of carboxylic acid groups (broad SMARTS) is 1. The van der Waals surface area contributed by atoms with E-state index in [1.54, 1.807) is 30.4 Å². The molecule has 0 bridgehead atoms. The number of hydrogen-bond donors (Lipinski definition) is 2. The Labute approximate surface area is 103 Å². The minimum absolute atomic E-state index is 0.211. The van der Waals surface area contributed by atoms with Crippen LogP contribution >= 0.6 is 0 Å². The molecule has 0 unspecified atom stereocenters. The van der Waals surface area contributed by atoms with Crippen LogP contribution < -0.4 is 5.43 Å². The van der Waals surface area contributed by atoms with Crippen molar-refractivity contribution in [2.24, 2.45) is 5.10 Å². The molecule has 2 N–H and O–H groups in total. The highest BCUT2D eigenvalue weighted by molar-refractivity contribution is 6.22. The molecule has 0 radical (unpaired) electrons. The molecule has 5 heteroatoms. The summed E-state index contributed by atoms with van der Waals surface area (Å²) in [7, 11) is 0. The van der Waals surface area contributed by atoms with E-state index in [4.69, 9.17) is 5.11 Å². The number of aldehydes is 1. The number of carbonyl (C=O) groups excluding carboxylic acids is 1. The lowest BCUT2D eigenvalue weighted by Crippen LogP contribution is -2.02. The van der Waals surface area contributed by atoms with Crippen molar-refractivity contribution in [1.82, 2.24) is 0 Å². The Bertz CT molecular complexity index is 568. The molecule has 0 aliphatic heterocycles. The fourth-order valence-corrected chi connectivity index (χ4v) is 1.44. The predicted molar refractivity (Wildman–Crippen MR) is 67.7 cm³/mol. The fourth-order valence-electron chi connectivity index (χ4n) is 1.44. The molecule has 0 saturated heterocycles. The van der Waals surface area contributed by atoms with Crippen molar-refractivity contribution in [2.75, 3.05) is 5.43 Å². The lowest BCUT2D eigenvalue weighted by atomic mass is 10.2. The van der Waals surface area contributed by atoms with Crippen LogP contribution in [-0.2, 0) is 4.79 Å². The van der Waals surface area contributed by atoms with Gasteiger partial charge in [0.15, 0.2) is 6.29 Å². The minimum atomic E-state index is -0.974. The van der Waals surface area contributed by atoms with E-state index in [0.29, 0.717) is 17.0 Å². The first-order chi connectivity index (χ1) is 8.70. The van der Waals surface area contributed by atoms with Crippen LogP contribution in [0.5, 0.6) is 0 Å². The molecular formula is C13H10N2O3. The summed E-state index contributed by atoms with van der Waals surface area (Å²) in [6.07, 6.45) is 5.84. The van der Waals surface area contributed by atoms with Crippen molar-refractivity contribution in [3.8, 4) is 0 Å². The van der Waals surface area contributed by atoms with Crippen LogP contribution in [0.15, 0.2) is 53.2 Å². The molecule has 0 fully saturated rings. The topological polar surface area (TPSA) is 78.8 Å². The van der Waals surface area contributed by atoms with Crippen LogP contribution in [0, 0.1) is 0 Å². The van der Waals surface area contributed by atoms with Crippen LogP contribution in [0.4, 0.5) is 5.69 Å². The monoisotopic (exact) mass is 242 g/mol. The maximum atomic E-state index is 10.7. The van der Waals surface area contributed by atoms with E-state index >= 15 is 0 Å². The summed E-state index contributed by atoms with van der Waals surface area (Å²) in [5.41, 5.74) is 4.68. The van der Waals surface area contributed by atoms with Gasteiger partial charge in [0.1, 0.15) is 0 Å². The zero-order valence-corrected chi connectivity index (χ0v) is 9.33. The molecule has 0 aromatic heterocycles.